The molecule has 1 aromatic heterocycles. The van der Waals surface area contributed by atoms with Gasteiger partial charge in [-0.2, -0.15) is 25.8 Å². The summed E-state index contributed by atoms with van der Waals surface area (Å²) in [7, 11) is 0. The monoisotopic (exact) mass is 431 g/mol. The third kappa shape index (κ3) is 7.16. The maximum absolute atomic E-state index is 12.6. The van der Waals surface area contributed by atoms with Crippen molar-refractivity contribution in [1.82, 2.24) is 10.3 Å². The van der Waals surface area contributed by atoms with Gasteiger partial charge < -0.3 is 10.6 Å². The molecule has 0 saturated heterocycles. The van der Waals surface area contributed by atoms with Crippen LogP contribution in [0, 0.1) is 0 Å². The van der Waals surface area contributed by atoms with Gasteiger partial charge >= 0.3 is 6.18 Å². The average molecular weight is 432 g/mol. The van der Waals surface area contributed by atoms with Crippen molar-refractivity contribution in [2.45, 2.75) is 31.9 Å². The molecule has 10 heteroatoms. The number of rotatable bonds is 9. The molecule has 0 spiro atoms. The summed E-state index contributed by atoms with van der Waals surface area (Å²) in [5, 5.41) is 7.48. The van der Waals surface area contributed by atoms with Gasteiger partial charge in [0.05, 0.1) is 17.0 Å². The van der Waals surface area contributed by atoms with Crippen LogP contribution in [-0.2, 0) is 15.8 Å². The number of hydrogen-bond donors (Lipinski definition) is 3. The number of nitrogens with one attached hydrogen (secondary N) is 2. The van der Waals surface area contributed by atoms with E-state index in [0.717, 1.165) is 25.0 Å². The molecule has 0 atom stereocenters. The van der Waals surface area contributed by atoms with E-state index in [1.54, 1.807) is 5.38 Å². The zero-order valence-corrected chi connectivity index (χ0v) is 16.6. The highest BCUT2D eigenvalue weighted by atomic mass is 32.1. The summed E-state index contributed by atoms with van der Waals surface area (Å²) in [6.45, 7) is 0.560. The summed E-state index contributed by atoms with van der Waals surface area (Å²) < 4.78 is 37.8. The largest absolute Gasteiger partial charge is 0.416 e. The van der Waals surface area contributed by atoms with Gasteiger partial charge in [-0.05, 0) is 25.0 Å². The molecule has 0 aliphatic carbocycles. The van der Waals surface area contributed by atoms with Gasteiger partial charge in [0.1, 0.15) is 0 Å². The number of anilines is 1. The number of halogens is 3. The van der Waals surface area contributed by atoms with Gasteiger partial charge in [-0.25, -0.2) is 4.98 Å². The lowest BCUT2D eigenvalue weighted by atomic mass is 10.1. The Balaban J connectivity index is 1.76. The van der Waals surface area contributed by atoms with Crippen LogP contribution in [0.3, 0.4) is 0 Å². The number of amides is 2. The van der Waals surface area contributed by atoms with Gasteiger partial charge in [-0.1, -0.05) is 18.6 Å². The molecule has 0 bridgehead atoms. The van der Waals surface area contributed by atoms with E-state index in [2.05, 4.69) is 28.2 Å². The quantitative estimate of drug-likeness (QED) is 0.408. The van der Waals surface area contributed by atoms with Crippen LogP contribution in [-0.4, -0.2) is 29.1 Å². The highest BCUT2D eigenvalue weighted by Gasteiger charge is 2.30. The smallest absolute Gasteiger partial charge is 0.355 e. The van der Waals surface area contributed by atoms with Crippen molar-refractivity contribution in [3.8, 4) is 11.3 Å². The Morgan fingerprint density at radius 3 is 2.43 bits per heavy atom. The van der Waals surface area contributed by atoms with Crippen LogP contribution >= 0.6 is 24.0 Å². The molecule has 2 N–H and O–H groups in total. The fourth-order valence-electron chi connectivity index (χ4n) is 2.35. The predicted molar refractivity (Wildman–Crippen MR) is 107 cm³/mol. The third-order valence-corrected chi connectivity index (χ3v) is 4.85. The van der Waals surface area contributed by atoms with Crippen LogP contribution in [0.4, 0.5) is 18.3 Å². The Morgan fingerprint density at radius 2 is 1.79 bits per heavy atom. The lowest BCUT2D eigenvalue weighted by Crippen LogP contribution is -2.25. The standard InChI is InChI=1S/C18H20F3N3O2S2/c19-18(20,21)13-7-5-12(6-8-13)14-11-28-17(23-14)24-15(25)4-2-1-3-9-22-16(26)10-27/h5-8,11,27H,1-4,9-10H2,(H,22,26)(H,23,24,25). The number of carbonyl (C=O) groups excluding carboxylic acids is 2. The lowest BCUT2D eigenvalue weighted by molar-refractivity contribution is -0.137. The first kappa shape index (κ1) is 22.2. The molecule has 5 nitrogen and oxygen atoms in total. The van der Waals surface area contributed by atoms with E-state index >= 15 is 0 Å². The Morgan fingerprint density at radius 1 is 1.07 bits per heavy atom. The molecular weight excluding hydrogens is 411 g/mol. The Bertz CT molecular complexity index is 792. The summed E-state index contributed by atoms with van der Waals surface area (Å²) in [6.07, 6.45) is -1.79. The van der Waals surface area contributed by atoms with E-state index < -0.39 is 11.7 Å². The zero-order valence-electron chi connectivity index (χ0n) is 14.9. The van der Waals surface area contributed by atoms with Gasteiger partial charge in [-0.3, -0.25) is 9.59 Å². The molecule has 0 unspecified atom stereocenters. The van der Waals surface area contributed by atoms with Crippen molar-refractivity contribution in [2.24, 2.45) is 0 Å². The first-order valence-corrected chi connectivity index (χ1v) is 10.1. The maximum atomic E-state index is 12.6. The van der Waals surface area contributed by atoms with Crippen LogP contribution in [0.5, 0.6) is 0 Å². The van der Waals surface area contributed by atoms with E-state index in [1.165, 1.54) is 23.5 Å². The molecular formula is C18H20F3N3O2S2. The number of hydrogen-bond acceptors (Lipinski definition) is 5. The number of thiazole rings is 1. The van der Waals surface area contributed by atoms with Crippen molar-refractivity contribution in [3.05, 3.63) is 35.2 Å². The molecule has 0 aliphatic rings. The van der Waals surface area contributed by atoms with Crippen LogP contribution < -0.4 is 10.6 Å². The van der Waals surface area contributed by atoms with E-state index in [9.17, 15) is 22.8 Å². The van der Waals surface area contributed by atoms with Crippen LogP contribution in [0.2, 0.25) is 0 Å². The lowest BCUT2D eigenvalue weighted by Gasteiger charge is -2.06. The van der Waals surface area contributed by atoms with Crippen molar-refractivity contribution in [1.29, 1.82) is 0 Å². The fourth-order valence-corrected chi connectivity index (χ4v) is 3.19. The van der Waals surface area contributed by atoms with Crippen LogP contribution in [0.1, 0.15) is 31.2 Å². The second-order valence-electron chi connectivity index (χ2n) is 5.98. The van der Waals surface area contributed by atoms with Crippen LogP contribution in [0.25, 0.3) is 11.3 Å². The fraction of sp³-hybridized carbons (Fsp3) is 0.389. The molecule has 152 valence electrons. The van der Waals surface area contributed by atoms with Gasteiger partial charge in [-0.15, -0.1) is 11.3 Å². The summed E-state index contributed by atoms with van der Waals surface area (Å²) in [5.41, 5.74) is 0.340. The maximum Gasteiger partial charge on any atom is 0.416 e. The molecule has 0 saturated carbocycles. The number of carbonyl (C=O) groups is 2. The summed E-state index contributed by atoms with van der Waals surface area (Å²) in [4.78, 5) is 27.2. The van der Waals surface area contributed by atoms with E-state index in [4.69, 9.17) is 0 Å². The van der Waals surface area contributed by atoms with Gasteiger partial charge in [0.25, 0.3) is 0 Å². The Kier molecular flexibility index (Phi) is 8.31. The molecule has 1 heterocycles. The SMILES string of the molecule is O=C(CS)NCCCCCC(=O)Nc1nc(-c2ccc(C(F)(F)F)cc2)cs1. The van der Waals surface area contributed by atoms with Gasteiger partial charge in [0, 0.05) is 23.9 Å². The highest BCUT2D eigenvalue weighted by molar-refractivity contribution is 7.81. The molecule has 28 heavy (non-hydrogen) atoms. The molecule has 2 amide bonds. The van der Waals surface area contributed by atoms with Gasteiger partial charge in [0.2, 0.25) is 11.8 Å². The average Bonchev–Trinajstić information content (AvgIpc) is 3.12. The van der Waals surface area contributed by atoms with E-state index in [1.807, 2.05) is 0 Å². The number of benzene rings is 1. The molecule has 0 fully saturated rings. The van der Waals surface area contributed by atoms with Crippen molar-refractivity contribution >= 4 is 40.9 Å². The van der Waals surface area contributed by atoms with Gasteiger partial charge in [0.15, 0.2) is 5.13 Å². The summed E-state index contributed by atoms with van der Waals surface area (Å²) in [6, 6.07) is 4.73. The molecule has 1 aromatic carbocycles. The van der Waals surface area contributed by atoms with Crippen molar-refractivity contribution in [3.63, 3.8) is 0 Å². The highest BCUT2D eigenvalue weighted by Crippen LogP contribution is 2.31. The number of nitrogens with zero attached hydrogens (tertiary/aromatic N) is 1. The van der Waals surface area contributed by atoms with E-state index in [-0.39, 0.29) is 17.6 Å². The second kappa shape index (κ2) is 10.5. The number of alkyl halides is 3. The minimum absolute atomic E-state index is 0.117. The molecule has 2 aromatic rings. The molecule has 0 aliphatic heterocycles. The summed E-state index contributed by atoms with van der Waals surface area (Å²) >= 11 is 5.07. The molecule has 2 rings (SSSR count). The first-order valence-electron chi connectivity index (χ1n) is 8.60. The molecule has 0 radical (unpaired) electrons. The number of unbranched alkanes of at least 4 members (excludes halogenated alkanes) is 2. The number of thiol groups is 1. The predicted octanol–water partition coefficient (Wildman–Crippen LogP) is 4.37. The Labute approximate surface area is 170 Å². The van der Waals surface area contributed by atoms with Crippen molar-refractivity contribution < 1.29 is 22.8 Å². The van der Waals surface area contributed by atoms with E-state index in [0.29, 0.717) is 35.8 Å². The van der Waals surface area contributed by atoms with Crippen molar-refractivity contribution in [2.75, 3.05) is 17.6 Å². The second-order valence-corrected chi connectivity index (χ2v) is 7.15. The topological polar surface area (TPSA) is 71.1 Å². The van der Waals surface area contributed by atoms with Crippen LogP contribution in [0.15, 0.2) is 29.6 Å². The first-order chi connectivity index (χ1) is 13.3. The number of aromatic nitrogens is 1. The zero-order chi connectivity index (χ0) is 20.6. The third-order valence-electron chi connectivity index (χ3n) is 3.80. The minimum Gasteiger partial charge on any atom is -0.355 e. The minimum atomic E-state index is -4.38. The Hall–Kier alpha value is -2.07. The summed E-state index contributed by atoms with van der Waals surface area (Å²) in [5.74, 6) is -0.133. The normalized spacial score (nSPS) is 11.3.